The molecule has 0 fully saturated rings. The van der Waals surface area contributed by atoms with E-state index in [9.17, 15) is 4.79 Å². The Balaban J connectivity index is 2.59. The molecule has 1 aromatic rings. The van der Waals surface area contributed by atoms with E-state index in [0.29, 0.717) is 23.6 Å². The molecule has 0 unspecified atom stereocenters. The number of halogens is 1. The molecule has 1 aromatic carbocycles. The molecule has 0 aliphatic rings. The predicted molar refractivity (Wildman–Crippen MR) is 82.8 cm³/mol. The third kappa shape index (κ3) is 5.23. The first kappa shape index (κ1) is 16.0. The maximum Gasteiger partial charge on any atom is 0.163 e. The van der Waals surface area contributed by atoms with Crippen LogP contribution >= 0.6 is 15.9 Å². The lowest BCUT2D eigenvalue weighted by molar-refractivity contribution is 0.101. The fourth-order valence-corrected chi connectivity index (χ4v) is 2.39. The smallest absolute Gasteiger partial charge is 0.163 e. The minimum Gasteiger partial charge on any atom is -0.491 e. The van der Waals surface area contributed by atoms with Gasteiger partial charge in [0.2, 0.25) is 0 Å². The Labute approximate surface area is 123 Å². The van der Waals surface area contributed by atoms with Crippen molar-refractivity contribution in [1.29, 1.82) is 0 Å². The largest absolute Gasteiger partial charge is 0.491 e. The highest BCUT2D eigenvalue weighted by molar-refractivity contribution is 9.10. The summed E-state index contributed by atoms with van der Waals surface area (Å²) in [7, 11) is 0. The quantitative estimate of drug-likeness (QED) is 0.432. The standard InChI is InChI=1S/C15H22BrNO2/c1-3-4-5-6-7-8-19-15-13(11(2)18)9-12(16)10-14(15)17/h9-10H,3-8,17H2,1-2H3. The van der Waals surface area contributed by atoms with Gasteiger partial charge in [-0.1, -0.05) is 48.5 Å². The van der Waals surface area contributed by atoms with Crippen LogP contribution in [0.2, 0.25) is 0 Å². The van der Waals surface area contributed by atoms with Crippen molar-refractivity contribution in [3.05, 3.63) is 22.2 Å². The molecule has 1 rings (SSSR count). The second kappa shape index (κ2) is 8.20. The summed E-state index contributed by atoms with van der Waals surface area (Å²) >= 11 is 3.34. The summed E-state index contributed by atoms with van der Waals surface area (Å²) in [6, 6.07) is 3.52. The summed E-state index contributed by atoms with van der Waals surface area (Å²) in [6.07, 6.45) is 5.87. The van der Waals surface area contributed by atoms with E-state index >= 15 is 0 Å². The minimum atomic E-state index is -0.0333. The third-order valence-corrected chi connectivity index (χ3v) is 3.41. The molecule has 0 spiro atoms. The SMILES string of the molecule is CCCCCCCOc1c(N)cc(Br)cc1C(C)=O. The Kier molecular flexibility index (Phi) is 6.92. The van der Waals surface area contributed by atoms with Gasteiger partial charge in [-0.2, -0.15) is 0 Å². The Morgan fingerprint density at radius 1 is 1.26 bits per heavy atom. The van der Waals surface area contributed by atoms with Gasteiger partial charge in [0, 0.05) is 4.47 Å². The van der Waals surface area contributed by atoms with E-state index < -0.39 is 0 Å². The summed E-state index contributed by atoms with van der Waals surface area (Å²) < 4.78 is 6.49. The topological polar surface area (TPSA) is 52.3 Å². The van der Waals surface area contributed by atoms with Crippen molar-refractivity contribution in [3.63, 3.8) is 0 Å². The lowest BCUT2D eigenvalue weighted by Crippen LogP contribution is -2.06. The van der Waals surface area contributed by atoms with Gasteiger partial charge in [-0.05, 0) is 25.5 Å². The van der Waals surface area contributed by atoms with Gasteiger partial charge in [-0.15, -0.1) is 0 Å². The van der Waals surface area contributed by atoms with Crippen molar-refractivity contribution in [3.8, 4) is 5.75 Å². The monoisotopic (exact) mass is 327 g/mol. The predicted octanol–water partition coefficient (Wildman–Crippen LogP) is 4.58. The fourth-order valence-electron chi connectivity index (χ4n) is 1.92. The van der Waals surface area contributed by atoms with E-state index in [4.69, 9.17) is 10.5 Å². The van der Waals surface area contributed by atoms with Crippen molar-refractivity contribution >= 4 is 27.4 Å². The number of ether oxygens (including phenoxy) is 1. The highest BCUT2D eigenvalue weighted by atomic mass is 79.9. The molecule has 0 bridgehead atoms. The van der Waals surface area contributed by atoms with Crippen molar-refractivity contribution in [2.75, 3.05) is 12.3 Å². The van der Waals surface area contributed by atoms with Crippen LogP contribution < -0.4 is 10.5 Å². The Bertz CT molecular complexity index is 432. The van der Waals surface area contributed by atoms with E-state index in [0.717, 1.165) is 17.3 Å². The molecule has 0 atom stereocenters. The van der Waals surface area contributed by atoms with E-state index in [-0.39, 0.29) is 5.78 Å². The van der Waals surface area contributed by atoms with Gasteiger partial charge in [0.25, 0.3) is 0 Å². The Morgan fingerprint density at radius 2 is 1.95 bits per heavy atom. The number of benzene rings is 1. The number of rotatable bonds is 8. The summed E-state index contributed by atoms with van der Waals surface area (Å²) in [5.41, 5.74) is 6.96. The number of hydrogen-bond acceptors (Lipinski definition) is 3. The zero-order chi connectivity index (χ0) is 14.3. The molecule has 0 saturated heterocycles. The summed E-state index contributed by atoms with van der Waals surface area (Å²) in [5.74, 6) is 0.486. The molecule has 3 nitrogen and oxygen atoms in total. The van der Waals surface area contributed by atoms with Crippen molar-refractivity contribution in [2.45, 2.75) is 46.0 Å². The van der Waals surface area contributed by atoms with Crippen molar-refractivity contribution in [2.24, 2.45) is 0 Å². The molecule has 2 N–H and O–H groups in total. The average molecular weight is 328 g/mol. The lowest BCUT2D eigenvalue weighted by atomic mass is 10.1. The second-order valence-electron chi connectivity index (χ2n) is 4.69. The number of hydrogen-bond donors (Lipinski definition) is 1. The van der Waals surface area contributed by atoms with Crippen molar-refractivity contribution in [1.82, 2.24) is 0 Å². The number of Topliss-reactive ketones (excluding diaryl/α,β-unsaturated/α-hetero) is 1. The maximum absolute atomic E-state index is 11.6. The van der Waals surface area contributed by atoms with Crippen LogP contribution in [0.15, 0.2) is 16.6 Å². The normalized spacial score (nSPS) is 10.5. The molecule has 0 radical (unpaired) electrons. The van der Waals surface area contributed by atoms with E-state index in [1.807, 2.05) is 0 Å². The third-order valence-electron chi connectivity index (χ3n) is 2.96. The Morgan fingerprint density at radius 3 is 2.58 bits per heavy atom. The van der Waals surface area contributed by atoms with Gasteiger partial charge >= 0.3 is 0 Å². The maximum atomic E-state index is 11.6. The first-order valence-electron chi connectivity index (χ1n) is 6.79. The van der Waals surface area contributed by atoms with Gasteiger partial charge < -0.3 is 10.5 Å². The first-order chi connectivity index (χ1) is 9.06. The van der Waals surface area contributed by atoms with Gasteiger partial charge in [0.1, 0.15) is 0 Å². The number of carbonyl (C=O) groups excluding carboxylic acids is 1. The van der Waals surface area contributed by atoms with Gasteiger partial charge in [0.05, 0.1) is 17.9 Å². The molecule has 19 heavy (non-hydrogen) atoms. The van der Waals surface area contributed by atoms with E-state index in [2.05, 4.69) is 22.9 Å². The summed E-state index contributed by atoms with van der Waals surface area (Å²) in [6.45, 7) is 4.32. The number of anilines is 1. The Hall–Kier alpha value is -1.03. The van der Waals surface area contributed by atoms with Crippen molar-refractivity contribution < 1.29 is 9.53 Å². The van der Waals surface area contributed by atoms with Crippen LogP contribution in [0, 0.1) is 0 Å². The molecule has 0 aliphatic carbocycles. The van der Waals surface area contributed by atoms with E-state index in [1.54, 1.807) is 12.1 Å². The van der Waals surface area contributed by atoms with Crippen LogP contribution in [0.4, 0.5) is 5.69 Å². The number of nitrogen functional groups attached to an aromatic ring is 1. The molecule has 0 aliphatic heterocycles. The van der Waals surface area contributed by atoms with Gasteiger partial charge in [-0.25, -0.2) is 0 Å². The van der Waals surface area contributed by atoms with Gasteiger partial charge in [-0.3, -0.25) is 4.79 Å². The fraction of sp³-hybridized carbons (Fsp3) is 0.533. The molecule has 0 heterocycles. The highest BCUT2D eigenvalue weighted by Gasteiger charge is 2.13. The van der Waals surface area contributed by atoms with Crippen LogP contribution in [-0.2, 0) is 0 Å². The number of ketones is 1. The van der Waals surface area contributed by atoms with Crippen LogP contribution in [0.3, 0.4) is 0 Å². The summed E-state index contributed by atoms with van der Waals surface area (Å²) in [4.78, 5) is 11.6. The number of carbonyl (C=O) groups is 1. The molecular weight excluding hydrogens is 306 g/mol. The average Bonchev–Trinajstić information content (AvgIpc) is 2.34. The van der Waals surface area contributed by atoms with Gasteiger partial charge in [0.15, 0.2) is 11.5 Å². The first-order valence-corrected chi connectivity index (χ1v) is 7.58. The molecule has 0 saturated carbocycles. The minimum absolute atomic E-state index is 0.0333. The van der Waals surface area contributed by atoms with Crippen LogP contribution in [0.1, 0.15) is 56.3 Å². The molecule has 0 aromatic heterocycles. The second-order valence-corrected chi connectivity index (χ2v) is 5.61. The lowest BCUT2D eigenvalue weighted by Gasteiger charge is -2.13. The van der Waals surface area contributed by atoms with E-state index in [1.165, 1.54) is 26.2 Å². The molecule has 106 valence electrons. The van der Waals surface area contributed by atoms with Crippen LogP contribution in [0.25, 0.3) is 0 Å². The zero-order valence-corrected chi connectivity index (χ0v) is 13.3. The zero-order valence-electron chi connectivity index (χ0n) is 11.7. The number of nitrogens with two attached hydrogens (primary N) is 1. The molecule has 4 heteroatoms. The highest BCUT2D eigenvalue weighted by Crippen LogP contribution is 2.31. The molecule has 0 amide bonds. The summed E-state index contributed by atoms with van der Waals surface area (Å²) in [5, 5.41) is 0. The molecular formula is C15H22BrNO2. The van der Waals surface area contributed by atoms with Crippen LogP contribution in [-0.4, -0.2) is 12.4 Å². The number of unbranched alkanes of at least 4 members (excludes halogenated alkanes) is 4. The van der Waals surface area contributed by atoms with Crippen LogP contribution in [0.5, 0.6) is 5.75 Å².